The van der Waals surface area contributed by atoms with E-state index in [1.54, 1.807) is 0 Å². The van der Waals surface area contributed by atoms with Crippen LogP contribution in [0.25, 0.3) is 0 Å². The summed E-state index contributed by atoms with van der Waals surface area (Å²) in [5, 5.41) is 0. The second-order valence-electron chi connectivity index (χ2n) is 4.45. The van der Waals surface area contributed by atoms with E-state index < -0.39 is 0 Å². The molecule has 3 rings (SSSR count). The van der Waals surface area contributed by atoms with Crippen molar-refractivity contribution in [1.29, 1.82) is 0 Å². The Morgan fingerprint density at radius 1 is 1.00 bits per heavy atom. The van der Waals surface area contributed by atoms with Gasteiger partial charge in [-0.2, -0.15) is 0 Å². The van der Waals surface area contributed by atoms with Crippen LogP contribution in [0, 0.1) is 11.8 Å². The summed E-state index contributed by atoms with van der Waals surface area (Å²) in [5.41, 5.74) is 0. The largest absolute Gasteiger partial charge is 0.298 e. The summed E-state index contributed by atoms with van der Waals surface area (Å²) >= 11 is 0. The fourth-order valence-electron chi connectivity index (χ4n) is 2.15. The number of rotatable bonds is 0. The van der Waals surface area contributed by atoms with Crippen LogP contribution >= 0.6 is 0 Å². The maximum absolute atomic E-state index is 4.18. The Balaban J connectivity index is 0.000000107. The highest BCUT2D eigenvalue weighted by atomic mass is 14.8. The minimum absolute atomic E-state index is 0.903. The molecule has 0 aromatic rings. The third kappa shape index (κ3) is 2.66. The summed E-state index contributed by atoms with van der Waals surface area (Å²) in [7, 11) is 0. The van der Waals surface area contributed by atoms with Crippen molar-refractivity contribution in [2.45, 2.75) is 38.5 Å². The highest BCUT2D eigenvalue weighted by Gasteiger charge is 2.31. The molecule has 0 saturated heterocycles. The van der Waals surface area contributed by atoms with Crippen LogP contribution < -0.4 is 0 Å². The van der Waals surface area contributed by atoms with Crippen molar-refractivity contribution in [3.05, 3.63) is 0 Å². The van der Waals surface area contributed by atoms with Crippen LogP contribution in [0.3, 0.4) is 0 Å². The Kier molecular flexibility index (Phi) is 3.72. The normalized spacial score (nSPS) is 33.7. The Morgan fingerprint density at radius 2 is 2.00 bits per heavy atom. The first-order chi connectivity index (χ1) is 6.97. The van der Waals surface area contributed by atoms with Gasteiger partial charge < -0.3 is 0 Å². The lowest BCUT2D eigenvalue weighted by Crippen LogP contribution is -2.23. The van der Waals surface area contributed by atoms with Crippen molar-refractivity contribution in [3.8, 4) is 0 Å². The summed E-state index contributed by atoms with van der Waals surface area (Å²) in [6.07, 6.45) is 12.3. The zero-order valence-corrected chi connectivity index (χ0v) is 8.86. The average Bonchev–Trinajstić information content (AvgIpc) is 2.48. The highest BCUT2D eigenvalue weighted by Crippen LogP contribution is 2.35. The quantitative estimate of drug-likeness (QED) is 0.564. The van der Waals surface area contributed by atoms with E-state index >= 15 is 0 Å². The van der Waals surface area contributed by atoms with Crippen molar-refractivity contribution in [3.63, 3.8) is 0 Å². The van der Waals surface area contributed by atoms with Crippen molar-refractivity contribution >= 4 is 12.4 Å². The summed E-state index contributed by atoms with van der Waals surface area (Å²) in [4.78, 5) is 8.33. The summed E-state index contributed by atoms with van der Waals surface area (Å²) < 4.78 is 0. The fraction of sp³-hybridized carbons (Fsp3) is 0.833. The molecule has 2 aliphatic heterocycles. The third-order valence-electron chi connectivity index (χ3n) is 3.36. The van der Waals surface area contributed by atoms with E-state index in [1.165, 1.54) is 38.5 Å². The van der Waals surface area contributed by atoms with Gasteiger partial charge in [-0.3, -0.25) is 9.98 Å². The third-order valence-corrected chi connectivity index (χ3v) is 3.36. The standard InChI is InChI=1S/C6H9N.C6H11N/c1-2-6-4-7-3-5(1)6;1-2-4-6-7-5-3-1/h3,5-6H,1-2,4H2;5H,1-4,6H2. The highest BCUT2D eigenvalue weighted by molar-refractivity contribution is 5.64. The number of hydrogen-bond donors (Lipinski definition) is 0. The fourth-order valence-corrected chi connectivity index (χ4v) is 2.15. The molecule has 14 heavy (non-hydrogen) atoms. The zero-order valence-electron chi connectivity index (χ0n) is 8.86. The molecule has 2 nitrogen and oxygen atoms in total. The molecule has 0 amide bonds. The topological polar surface area (TPSA) is 24.7 Å². The van der Waals surface area contributed by atoms with Gasteiger partial charge in [-0.05, 0) is 50.2 Å². The molecule has 0 spiro atoms. The first-order valence-corrected chi connectivity index (χ1v) is 5.95. The Bertz CT molecular complexity index is 212. The number of hydrogen-bond acceptors (Lipinski definition) is 2. The maximum atomic E-state index is 4.18. The van der Waals surface area contributed by atoms with Gasteiger partial charge in [-0.25, -0.2) is 0 Å². The van der Waals surface area contributed by atoms with Gasteiger partial charge in [0.2, 0.25) is 0 Å². The van der Waals surface area contributed by atoms with Gasteiger partial charge in [-0.1, -0.05) is 6.42 Å². The van der Waals surface area contributed by atoms with E-state index in [2.05, 4.69) is 16.2 Å². The molecule has 0 bridgehead atoms. The van der Waals surface area contributed by atoms with E-state index in [1.807, 2.05) is 6.21 Å². The first kappa shape index (κ1) is 9.88. The molecule has 0 aromatic carbocycles. The number of nitrogens with zero attached hydrogens (tertiary/aromatic N) is 2. The Morgan fingerprint density at radius 3 is 2.64 bits per heavy atom. The van der Waals surface area contributed by atoms with Gasteiger partial charge in [0.05, 0.1) is 0 Å². The predicted octanol–water partition coefficient (Wildman–Crippen LogP) is 2.73. The molecule has 78 valence electrons. The predicted molar refractivity (Wildman–Crippen MR) is 61.4 cm³/mol. The SMILES string of the molecule is C1=NCC2CCC12.C1=NCCCCC1. The average molecular weight is 192 g/mol. The van der Waals surface area contributed by atoms with E-state index in [0.29, 0.717) is 0 Å². The van der Waals surface area contributed by atoms with Gasteiger partial charge in [0, 0.05) is 19.3 Å². The molecular weight excluding hydrogens is 172 g/mol. The van der Waals surface area contributed by atoms with Crippen LogP contribution in [-0.2, 0) is 0 Å². The smallest absolute Gasteiger partial charge is 0.0419 e. The molecule has 1 saturated carbocycles. The second-order valence-corrected chi connectivity index (χ2v) is 4.45. The molecule has 2 heteroatoms. The summed E-state index contributed by atoms with van der Waals surface area (Å²) in [6.45, 7) is 2.20. The Labute approximate surface area is 86.5 Å². The van der Waals surface area contributed by atoms with Gasteiger partial charge in [0.1, 0.15) is 0 Å². The lowest BCUT2D eigenvalue weighted by molar-refractivity contribution is 0.281. The van der Waals surface area contributed by atoms with Crippen LogP contribution in [0.15, 0.2) is 9.98 Å². The first-order valence-electron chi connectivity index (χ1n) is 5.95. The van der Waals surface area contributed by atoms with Crippen LogP contribution in [0.2, 0.25) is 0 Å². The summed E-state index contributed by atoms with van der Waals surface area (Å²) in [5.74, 6) is 1.87. The van der Waals surface area contributed by atoms with E-state index in [0.717, 1.165) is 24.9 Å². The molecular formula is C12H20N2. The van der Waals surface area contributed by atoms with Crippen molar-refractivity contribution in [2.24, 2.45) is 21.8 Å². The molecule has 2 unspecified atom stereocenters. The molecule has 1 aliphatic carbocycles. The molecule has 1 fully saturated rings. The van der Waals surface area contributed by atoms with Gasteiger partial charge >= 0.3 is 0 Å². The minimum Gasteiger partial charge on any atom is -0.298 e. The van der Waals surface area contributed by atoms with Crippen LogP contribution in [0.4, 0.5) is 0 Å². The lowest BCUT2D eigenvalue weighted by atomic mass is 9.76. The maximum Gasteiger partial charge on any atom is 0.0419 e. The molecule has 2 atom stereocenters. The van der Waals surface area contributed by atoms with Crippen molar-refractivity contribution in [2.75, 3.05) is 13.1 Å². The van der Waals surface area contributed by atoms with Gasteiger partial charge in [0.15, 0.2) is 0 Å². The van der Waals surface area contributed by atoms with E-state index in [9.17, 15) is 0 Å². The van der Waals surface area contributed by atoms with E-state index in [4.69, 9.17) is 0 Å². The number of aliphatic imine (C=N–C) groups is 2. The molecule has 3 aliphatic rings. The van der Waals surface area contributed by atoms with Crippen LogP contribution in [0.1, 0.15) is 38.5 Å². The van der Waals surface area contributed by atoms with Crippen LogP contribution in [-0.4, -0.2) is 25.5 Å². The van der Waals surface area contributed by atoms with Crippen LogP contribution in [0.5, 0.6) is 0 Å². The van der Waals surface area contributed by atoms with Gasteiger partial charge in [-0.15, -0.1) is 0 Å². The van der Waals surface area contributed by atoms with Crippen molar-refractivity contribution < 1.29 is 0 Å². The lowest BCUT2D eigenvalue weighted by Gasteiger charge is -2.27. The second kappa shape index (κ2) is 5.28. The van der Waals surface area contributed by atoms with Gasteiger partial charge in [0.25, 0.3) is 0 Å². The number of fused-ring (bicyclic) bond motifs is 1. The molecule has 2 heterocycles. The minimum atomic E-state index is 0.903. The van der Waals surface area contributed by atoms with E-state index in [-0.39, 0.29) is 0 Å². The molecule has 0 N–H and O–H groups in total. The summed E-state index contributed by atoms with van der Waals surface area (Å²) in [6, 6.07) is 0. The monoisotopic (exact) mass is 192 g/mol. The zero-order chi connectivity index (χ0) is 9.64. The van der Waals surface area contributed by atoms with Crippen molar-refractivity contribution in [1.82, 2.24) is 0 Å². The Hall–Kier alpha value is -0.660. The molecule has 0 aromatic heterocycles. The molecule has 0 radical (unpaired) electrons.